The number of carboxylic acids is 2. The lowest BCUT2D eigenvalue weighted by Crippen LogP contribution is -2.71. The highest BCUT2D eigenvalue weighted by Gasteiger charge is 2.55. The van der Waals surface area contributed by atoms with Crippen LogP contribution in [0.15, 0.2) is 31.8 Å². The normalized spacial score (nSPS) is 22.4. The molecule has 2 amide bonds. The summed E-state index contributed by atoms with van der Waals surface area (Å²) in [5.74, 6) is -3.68. The molecule has 1 aromatic rings. The van der Waals surface area contributed by atoms with Crippen molar-refractivity contribution in [1.29, 1.82) is 0 Å². The first-order valence-electron chi connectivity index (χ1n) is 11.5. The number of nitrogens with one attached hydrogen (secondary N) is 1. The summed E-state index contributed by atoms with van der Waals surface area (Å²) >= 11 is 3.34. The Morgan fingerprint density at radius 3 is 2.67 bits per heavy atom. The number of oxime groups is 1. The molecule has 1 unspecified atom stereocenters. The maximum atomic E-state index is 13.2. The van der Waals surface area contributed by atoms with Gasteiger partial charge in [0.05, 0.1) is 0 Å². The fourth-order valence-electron chi connectivity index (χ4n) is 3.97. The first-order valence-corrected chi connectivity index (χ1v) is 14.3. The van der Waals surface area contributed by atoms with Gasteiger partial charge < -0.3 is 26.1 Å². The average Bonchev–Trinajstić information content (AvgIpc) is 3.52. The van der Waals surface area contributed by atoms with Crippen LogP contribution in [-0.4, -0.2) is 96.1 Å². The van der Waals surface area contributed by atoms with Gasteiger partial charge in [-0.25, -0.2) is 19.8 Å². The number of thiazole rings is 1. The quantitative estimate of drug-likeness (QED) is 0.0920. The predicted molar refractivity (Wildman–Crippen MR) is 147 cm³/mol. The van der Waals surface area contributed by atoms with Gasteiger partial charge in [0.25, 0.3) is 16.9 Å². The Kier molecular flexibility index (Phi) is 8.57. The zero-order valence-electron chi connectivity index (χ0n) is 20.3. The number of β-lactam (4-membered cyclic amide) rings is 1. The number of carbonyl (C=O) groups excluding carboxylic acids is 2. The zero-order valence-corrected chi connectivity index (χ0v) is 22.8. The minimum atomic E-state index is -1.44. The van der Waals surface area contributed by atoms with E-state index in [1.54, 1.807) is 6.92 Å². The van der Waals surface area contributed by atoms with Gasteiger partial charge in [-0.2, -0.15) is 0 Å². The maximum absolute atomic E-state index is 13.2. The first-order chi connectivity index (χ1) is 18.5. The van der Waals surface area contributed by atoms with Gasteiger partial charge in [-0.3, -0.25) is 25.0 Å². The van der Waals surface area contributed by atoms with Crippen molar-refractivity contribution in [2.45, 2.75) is 41.5 Å². The number of aliphatic imine (C=N–C) groups is 2. The van der Waals surface area contributed by atoms with Crippen LogP contribution < -0.4 is 16.8 Å². The second-order valence-corrected chi connectivity index (χ2v) is 11.6. The van der Waals surface area contributed by atoms with Crippen molar-refractivity contribution in [2.75, 3.05) is 18.1 Å². The highest BCUT2D eigenvalue weighted by atomic mass is 32.2. The van der Waals surface area contributed by atoms with Gasteiger partial charge in [0.15, 0.2) is 10.8 Å². The molecule has 3 aliphatic heterocycles. The second kappa shape index (κ2) is 11.7. The Labute approximate surface area is 233 Å². The largest absolute Gasteiger partial charge is 0.481 e. The summed E-state index contributed by atoms with van der Waals surface area (Å²) in [6.45, 7) is 1.86. The lowest BCUT2D eigenvalue weighted by molar-refractivity contribution is -0.150. The Balaban J connectivity index is 1.58. The molecule has 4 heterocycles. The number of rotatable bonds is 12. The molecular weight excluding hydrogens is 572 g/mol. The summed E-state index contributed by atoms with van der Waals surface area (Å²) in [6, 6.07) is -1.05. The van der Waals surface area contributed by atoms with E-state index < -0.39 is 45.5 Å². The van der Waals surface area contributed by atoms with Crippen molar-refractivity contribution in [2.24, 2.45) is 20.9 Å². The minimum Gasteiger partial charge on any atom is -0.481 e. The van der Waals surface area contributed by atoms with Crippen molar-refractivity contribution in [3.63, 3.8) is 0 Å². The Bertz CT molecular complexity index is 1300. The van der Waals surface area contributed by atoms with E-state index in [2.05, 4.69) is 25.4 Å². The predicted octanol–water partition coefficient (Wildman–Crippen LogP) is -0.104. The molecule has 7 N–H and O–H groups in total. The molecule has 1 saturated heterocycles. The van der Waals surface area contributed by atoms with E-state index in [0.717, 1.165) is 28.0 Å². The minimum absolute atomic E-state index is 0.0392. The molecule has 0 aliphatic carbocycles. The molecular formula is C21H24N8O7S3. The molecule has 15 nitrogen and oxygen atoms in total. The fourth-order valence-corrected chi connectivity index (χ4v) is 7.28. The smallest absolute Gasteiger partial charge is 0.352 e. The highest BCUT2D eigenvalue weighted by molar-refractivity contribution is 8.02. The Hall–Kier alpha value is -3.48. The molecule has 39 heavy (non-hydrogen) atoms. The number of aliphatic carboxylic acids is 2. The number of anilines is 1. The summed E-state index contributed by atoms with van der Waals surface area (Å²) in [7, 11) is 0. The van der Waals surface area contributed by atoms with E-state index in [1.165, 1.54) is 29.6 Å². The number of hydrogen-bond acceptors (Lipinski definition) is 14. The second-order valence-electron chi connectivity index (χ2n) is 8.22. The van der Waals surface area contributed by atoms with Gasteiger partial charge in [-0.05, 0) is 18.9 Å². The van der Waals surface area contributed by atoms with Crippen LogP contribution in [0.2, 0.25) is 0 Å². The maximum Gasteiger partial charge on any atom is 0.352 e. The van der Waals surface area contributed by atoms with Crippen molar-refractivity contribution < 1.29 is 34.2 Å². The van der Waals surface area contributed by atoms with E-state index in [9.17, 15) is 29.4 Å². The number of nitrogens with two attached hydrogens (primary N) is 2. The number of thioether (sulfide) groups is 2. The number of carboxylic acid groups (broad SMARTS) is 2. The third-order valence-electron chi connectivity index (χ3n) is 5.66. The van der Waals surface area contributed by atoms with Crippen LogP contribution >= 0.6 is 34.9 Å². The van der Waals surface area contributed by atoms with E-state index in [4.69, 9.17) is 16.3 Å². The first kappa shape index (κ1) is 28.5. The monoisotopic (exact) mass is 596 g/mol. The summed E-state index contributed by atoms with van der Waals surface area (Å²) in [5.41, 5.74) is 11.9. The van der Waals surface area contributed by atoms with E-state index in [1.807, 2.05) is 0 Å². The number of carbonyl (C=O) groups is 4. The molecule has 0 spiro atoms. The SMILES string of the molecule is CCO/N=C(\C(=O)N[C@@H]1C(=O)N2C(C(=O)O)=C(C(CCC(=O)O)SC3(N)N=CC=N3)CS[C@@H]12)c1csc(N)n1. The van der Waals surface area contributed by atoms with Gasteiger partial charge in [0.2, 0.25) is 0 Å². The molecule has 3 atom stereocenters. The number of aromatic nitrogens is 1. The molecule has 1 aromatic heterocycles. The fraction of sp³-hybridized carbons (Fsp3) is 0.429. The van der Waals surface area contributed by atoms with Crippen LogP contribution in [0.5, 0.6) is 0 Å². The average molecular weight is 597 g/mol. The van der Waals surface area contributed by atoms with Crippen LogP contribution in [0.1, 0.15) is 25.5 Å². The molecule has 1 fully saturated rings. The number of fused-ring (bicyclic) bond motifs is 1. The third-order valence-corrected chi connectivity index (χ3v) is 9.00. The van der Waals surface area contributed by atoms with Gasteiger partial charge in [0, 0.05) is 35.2 Å². The summed E-state index contributed by atoms with van der Waals surface area (Å²) in [5, 5.41) is 24.6. The summed E-state index contributed by atoms with van der Waals surface area (Å²) in [6.07, 6.45) is 2.57. The lowest BCUT2D eigenvalue weighted by atomic mass is 9.99. The molecule has 208 valence electrons. The number of hydrogen-bond donors (Lipinski definition) is 5. The third kappa shape index (κ3) is 6.07. The molecule has 0 radical (unpaired) electrons. The number of nitrogen functional groups attached to an aromatic ring is 1. The van der Waals surface area contributed by atoms with Gasteiger partial charge in [-0.15, -0.1) is 23.1 Å². The van der Waals surface area contributed by atoms with Crippen LogP contribution in [0.3, 0.4) is 0 Å². The van der Waals surface area contributed by atoms with E-state index in [-0.39, 0.29) is 47.4 Å². The summed E-state index contributed by atoms with van der Waals surface area (Å²) < 4.78 is 0. The van der Waals surface area contributed by atoms with Crippen LogP contribution in [0.4, 0.5) is 5.13 Å². The van der Waals surface area contributed by atoms with Crippen molar-refractivity contribution in [1.82, 2.24) is 15.2 Å². The van der Waals surface area contributed by atoms with E-state index in [0.29, 0.717) is 5.57 Å². The van der Waals surface area contributed by atoms with Crippen molar-refractivity contribution >= 4 is 81.9 Å². The zero-order chi connectivity index (χ0) is 28.3. The van der Waals surface area contributed by atoms with Gasteiger partial charge >= 0.3 is 11.9 Å². The highest BCUT2D eigenvalue weighted by Crippen LogP contribution is 2.45. The molecule has 4 rings (SSSR count). The summed E-state index contributed by atoms with van der Waals surface area (Å²) in [4.78, 5) is 68.2. The van der Waals surface area contributed by atoms with Crippen molar-refractivity contribution in [3.8, 4) is 0 Å². The lowest BCUT2D eigenvalue weighted by Gasteiger charge is -2.50. The van der Waals surface area contributed by atoms with Gasteiger partial charge in [0.1, 0.15) is 29.4 Å². The molecule has 0 bridgehead atoms. The van der Waals surface area contributed by atoms with Crippen molar-refractivity contribution in [3.05, 3.63) is 22.3 Å². The van der Waals surface area contributed by atoms with Crippen LogP contribution in [-0.2, 0) is 24.0 Å². The number of amides is 2. The van der Waals surface area contributed by atoms with Crippen LogP contribution in [0, 0.1) is 0 Å². The molecule has 0 saturated carbocycles. The Morgan fingerprint density at radius 2 is 2.08 bits per heavy atom. The van der Waals surface area contributed by atoms with Crippen LogP contribution in [0.25, 0.3) is 0 Å². The molecule has 3 aliphatic rings. The van der Waals surface area contributed by atoms with Gasteiger partial charge in [-0.1, -0.05) is 16.9 Å². The van der Waals surface area contributed by atoms with E-state index >= 15 is 0 Å². The number of nitrogens with zero attached hydrogens (tertiary/aromatic N) is 5. The molecule has 18 heteroatoms. The topological polar surface area (TPSA) is 235 Å². The molecule has 0 aromatic carbocycles. The Morgan fingerprint density at radius 1 is 1.36 bits per heavy atom. The standard InChI is InChI=1S/C21H24N8O7S3/c1-2-36-28-13(10-8-38-20(22)26-10)16(32)27-14-17(33)29-15(19(34)35)9(7-37-18(14)29)11(3-4-12(30)31)39-21(23)24-5-6-25-21/h5-6,8,11,14,18H,2-4,7,23H2,1H3,(H2,22,26)(H,27,32)(H,30,31)(H,34,35)/b28-13-/t11?,14-,18+/m1/s1.